The molecule has 1 saturated heterocycles. The number of nitrogens with zero attached hydrogens (tertiary/aromatic N) is 3. The lowest BCUT2D eigenvalue weighted by molar-refractivity contribution is -0.120. The Labute approximate surface area is 111 Å². The van der Waals surface area contributed by atoms with Crippen LogP contribution in [0, 0.1) is 0 Å². The fourth-order valence-electron chi connectivity index (χ4n) is 1.91. The van der Waals surface area contributed by atoms with Gasteiger partial charge in [-0.05, 0) is 0 Å². The first-order valence-corrected chi connectivity index (χ1v) is 6.08. The zero-order valence-corrected chi connectivity index (χ0v) is 10.8. The fraction of sp³-hybridized carbons (Fsp3) is 0.545. The van der Waals surface area contributed by atoms with Gasteiger partial charge in [0.1, 0.15) is 18.2 Å². The number of carbonyl (C=O) groups is 1. The molecule has 104 valence electrons. The first-order chi connectivity index (χ1) is 9.22. The summed E-state index contributed by atoms with van der Waals surface area (Å²) in [5.41, 5.74) is 2.51. The molecular weight excluding hydrogens is 248 g/mol. The van der Waals surface area contributed by atoms with Crippen molar-refractivity contribution in [3.05, 3.63) is 11.9 Å². The predicted octanol–water partition coefficient (Wildman–Crippen LogP) is -0.765. The first kappa shape index (κ1) is 13.5. The molecule has 0 bridgehead atoms. The Bertz CT molecular complexity index is 453. The molecule has 8 nitrogen and oxygen atoms in total. The third kappa shape index (κ3) is 3.52. The lowest BCUT2D eigenvalue weighted by atomic mass is 10.3. The molecule has 2 heterocycles. The number of hydrogen-bond acceptors (Lipinski definition) is 7. The van der Waals surface area contributed by atoms with Crippen LogP contribution in [-0.4, -0.2) is 42.6 Å². The van der Waals surface area contributed by atoms with Crippen LogP contribution in [0.15, 0.2) is 6.07 Å². The van der Waals surface area contributed by atoms with Gasteiger partial charge in [0.2, 0.25) is 5.91 Å². The molecule has 2 rings (SSSR count). The van der Waals surface area contributed by atoms with Crippen LogP contribution in [-0.2, 0) is 16.1 Å². The average molecular weight is 266 g/mol. The molecular formula is C11H18N6O2. The number of nitrogens with two attached hydrogens (primary N) is 1. The van der Waals surface area contributed by atoms with E-state index in [2.05, 4.69) is 20.7 Å². The molecule has 1 aromatic rings. The summed E-state index contributed by atoms with van der Waals surface area (Å²) in [4.78, 5) is 22.0. The van der Waals surface area contributed by atoms with Crippen molar-refractivity contribution in [1.82, 2.24) is 15.3 Å². The molecule has 1 aromatic heterocycles. The summed E-state index contributed by atoms with van der Waals surface area (Å²) < 4.78 is 5.03. The number of amides is 1. The number of aromatic nitrogens is 2. The Balaban J connectivity index is 2.21. The van der Waals surface area contributed by atoms with Gasteiger partial charge in [0, 0.05) is 39.2 Å². The lowest BCUT2D eigenvalue weighted by Gasteiger charge is -2.21. The number of anilines is 2. The maximum absolute atomic E-state index is 11.3. The molecule has 0 radical (unpaired) electrons. The van der Waals surface area contributed by atoms with Gasteiger partial charge in [-0.15, -0.1) is 0 Å². The summed E-state index contributed by atoms with van der Waals surface area (Å²) in [7, 11) is 1.58. The fourth-order valence-corrected chi connectivity index (χ4v) is 1.91. The van der Waals surface area contributed by atoms with Gasteiger partial charge in [-0.25, -0.2) is 15.8 Å². The molecule has 0 atom stereocenters. The lowest BCUT2D eigenvalue weighted by Crippen LogP contribution is -2.29. The maximum atomic E-state index is 11.3. The van der Waals surface area contributed by atoms with Crippen LogP contribution in [0.3, 0.4) is 0 Å². The highest BCUT2D eigenvalue weighted by atomic mass is 16.5. The van der Waals surface area contributed by atoms with Crippen molar-refractivity contribution in [3.8, 4) is 0 Å². The highest BCUT2D eigenvalue weighted by Gasteiger charge is 2.16. The van der Waals surface area contributed by atoms with E-state index in [4.69, 9.17) is 10.6 Å². The van der Waals surface area contributed by atoms with Crippen molar-refractivity contribution in [2.45, 2.75) is 13.0 Å². The number of ether oxygens (including phenoxy) is 1. The summed E-state index contributed by atoms with van der Waals surface area (Å²) in [6.45, 7) is 2.25. The number of nitrogens with one attached hydrogen (secondary N) is 2. The number of rotatable bonds is 4. The zero-order chi connectivity index (χ0) is 13.7. The zero-order valence-electron chi connectivity index (χ0n) is 10.8. The van der Waals surface area contributed by atoms with E-state index in [-0.39, 0.29) is 5.91 Å². The molecule has 1 amide bonds. The second-order valence-corrected chi connectivity index (χ2v) is 4.19. The van der Waals surface area contributed by atoms with Gasteiger partial charge in [-0.2, -0.15) is 0 Å². The molecule has 8 heteroatoms. The number of carbonyl (C=O) groups excluding carboxylic acids is 1. The van der Waals surface area contributed by atoms with Gasteiger partial charge in [0.15, 0.2) is 5.82 Å². The van der Waals surface area contributed by atoms with Crippen molar-refractivity contribution in [3.63, 3.8) is 0 Å². The minimum atomic E-state index is 0.0610. The monoisotopic (exact) mass is 266 g/mol. The van der Waals surface area contributed by atoms with Gasteiger partial charge >= 0.3 is 0 Å². The molecule has 1 aliphatic heterocycles. The molecule has 19 heavy (non-hydrogen) atoms. The van der Waals surface area contributed by atoms with Gasteiger partial charge in [-0.3, -0.25) is 4.79 Å². The summed E-state index contributed by atoms with van der Waals surface area (Å²) in [5, 5.41) is 2.82. The largest absolute Gasteiger partial charge is 0.377 e. The van der Waals surface area contributed by atoms with Crippen molar-refractivity contribution in [2.75, 3.05) is 37.1 Å². The summed E-state index contributed by atoms with van der Waals surface area (Å²) >= 11 is 0. The smallest absolute Gasteiger partial charge is 0.221 e. The van der Waals surface area contributed by atoms with E-state index in [1.54, 1.807) is 13.2 Å². The molecule has 1 fully saturated rings. The van der Waals surface area contributed by atoms with E-state index in [0.717, 1.165) is 5.82 Å². The second kappa shape index (κ2) is 6.30. The Morgan fingerprint density at radius 1 is 1.53 bits per heavy atom. The SMILES string of the molecule is COCc1nc(NN)cc(N2CCNC(=O)CC2)n1. The highest BCUT2D eigenvalue weighted by molar-refractivity contribution is 5.77. The molecule has 0 spiro atoms. The number of nitrogen functional groups attached to an aromatic ring is 1. The van der Waals surface area contributed by atoms with Crippen molar-refractivity contribution in [1.29, 1.82) is 0 Å². The van der Waals surface area contributed by atoms with Gasteiger partial charge < -0.3 is 20.4 Å². The van der Waals surface area contributed by atoms with Crippen LogP contribution in [0.4, 0.5) is 11.6 Å². The van der Waals surface area contributed by atoms with Crippen LogP contribution in [0.25, 0.3) is 0 Å². The van der Waals surface area contributed by atoms with Gasteiger partial charge in [-0.1, -0.05) is 0 Å². The minimum absolute atomic E-state index is 0.0610. The molecule has 4 N–H and O–H groups in total. The van der Waals surface area contributed by atoms with Gasteiger partial charge in [0.05, 0.1) is 0 Å². The number of hydrogen-bond donors (Lipinski definition) is 3. The highest BCUT2D eigenvalue weighted by Crippen LogP contribution is 2.16. The first-order valence-electron chi connectivity index (χ1n) is 6.08. The van der Waals surface area contributed by atoms with Crippen LogP contribution in [0.2, 0.25) is 0 Å². The third-order valence-corrected chi connectivity index (χ3v) is 2.82. The summed E-state index contributed by atoms with van der Waals surface area (Å²) in [6.07, 6.45) is 0.453. The van der Waals surface area contributed by atoms with Crippen LogP contribution >= 0.6 is 0 Å². The summed E-state index contributed by atoms with van der Waals surface area (Å²) in [5.74, 6) is 7.28. The Morgan fingerprint density at radius 2 is 2.37 bits per heavy atom. The molecule has 1 aliphatic rings. The van der Waals surface area contributed by atoms with E-state index < -0.39 is 0 Å². The number of methoxy groups -OCH3 is 1. The molecule has 0 unspecified atom stereocenters. The number of hydrazine groups is 1. The quantitative estimate of drug-likeness (QED) is 0.485. The average Bonchev–Trinajstić information content (AvgIpc) is 2.63. The van der Waals surface area contributed by atoms with Crippen LogP contribution < -0.4 is 21.5 Å². The van der Waals surface area contributed by atoms with E-state index in [9.17, 15) is 4.79 Å². The molecule has 0 saturated carbocycles. The minimum Gasteiger partial charge on any atom is -0.377 e. The second-order valence-electron chi connectivity index (χ2n) is 4.19. The Hall–Kier alpha value is -1.93. The molecule has 0 aliphatic carbocycles. The summed E-state index contributed by atoms with van der Waals surface area (Å²) in [6, 6.07) is 1.76. The van der Waals surface area contributed by atoms with Crippen molar-refractivity contribution in [2.24, 2.45) is 5.84 Å². The topological polar surface area (TPSA) is 105 Å². The van der Waals surface area contributed by atoms with E-state index >= 15 is 0 Å². The van der Waals surface area contributed by atoms with Crippen LogP contribution in [0.5, 0.6) is 0 Å². The van der Waals surface area contributed by atoms with Crippen molar-refractivity contribution >= 4 is 17.5 Å². The standard InChI is InChI=1S/C11H18N6O2/c1-19-7-9-14-8(16-12)6-10(15-9)17-4-2-11(18)13-3-5-17/h6H,2-5,7,12H2,1H3,(H,13,18)(H,14,15,16). The van der Waals surface area contributed by atoms with Gasteiger partial charge in [0.25, 0.3) is 0 Å². The third-order valence-electron chi connectivity index (χ3n) is 2.82. The van der Waals surface area contributed by atoms with E-state index in [0.29, 0.717) is 44.3 Å². The predicted molar refractivity (Wildman–Crippen MR) is 70.4 cm³/mol. The van der Waals surface area contributed by atoms with Crippen LogP contribution in [0.1, 0.15) is 12.2 Å². The Morgan fingerprint density at radius 3 is 3.11 bits per heavy atom. The van der Waals surface area contributed by atoms with E-state index in [1.165, 1.54) is 0 Å². The molecule has 0 aromatic carbocycles. The normalized spacial score (nSPS) is 15.9. The maximum Gasteiger partial charge on any atom is 0.221 e. The van der Waals surface area contributed by atoms with Crippen molar-refractivity contribution < 1.29 is 9.53 Å². The Kier molecular flexibility index (Phi) is 4.48. The van der Waals surface area contributed by atoms with E-state index in [1.807, 2.05) is 4.90 Å².